The van der Waals surface area contributed by atoms with Crippen LogP contribution in [0.2, 0.25) is 0 Å². The third-order valence-electron chi connectivity index (χ3n) is 4.78. The smallest absolute Gasteiger partial charge is 0.163 e. The maximum absolute atomic E-state index is 6.21. The molecule has 0 aliphatic carbocycles. The molecular weight excluding hydrogens is 276 g/mol. The van der Waals surface area contributed by atoms with Gasteiger partial charge < -0.3 is 20.1 Å². The summed E-state index contributed by atoms with van der Waals surface area (Å²) in [5.41, 5.74) is 1.29. The molecule has 0 saturated carbocycles. The van der Waals surface area contributed by atoms with Crippen LogP contribution in [0.15, 0.2) is 18.2 Å². The number of rotatable bonds is 5. The average Bonchev–Trinajstić information content (AvgIpc) is 2.57. The Morgan fingerprint density at radius 1 is 1.09 bits per heavy atom. The summed E-state index contributed by atoms with van der Waals surface area (Å²) in [6.45, 7) is 4.31. The number of hydrogen-bond acceptors (Lipinski definition) is 4. The average molecular weight is 304 g/mol. The summed E-state index contributed by atoms with van der Waals surface area (Å²) in [7, 11) is 1.76. The lowest BCUT2D eigenvalue weighted by Crippen LogP contribution is -2.37. The molecule has 1 unspecified atom stereocenters. The second-order valence-electron chi connectivity index (χ2n) is 6.43. The highest BCUT2D eigenvalue weighted by atomic mass is 16.5. The second-order valence-corrected chi connectivity index (χ2v) is 6.43. The Labute approximate surface area is 133 Å². The summed E-state index contributed by atoms with van der Waals surface area (Å²) in [6, 6.07) is 6.33. The van der Waals surface area contributed by atoms with Crippen molar-refractivity contribution < 1.29 is 9.47 Å². The predicted molar refractivity (Wildman–Crippen MR) is 88.8 cm³/mol. The minimum absolute atomic E-state index is 0.261. The number of benzene rings is 1. The van der Waals surface area contributed by atoms with Crippen LogP contribution in [0.1, 0.15) is 31.2 Å². The van der Waals surface area contributed by atoms with Crippen molar-refractivity contribution in [1.82, 2.24) is 10.6 Å². The van der Waals surface area contributed by atoms with Gasteiger partial charge in [0.1, 0.15) is 6.10 Å². The lowest BCUT2D eigenvalue weighted by atomic mass is 9.90. The zero-order valence-corrected chi connectivity index (χ0v) is 13.6. The monoisotopic (exact) mass is 304 g/mol. The third-order valence-corrected chi connectivity index (χ3v) is 4.78. The largest absolute Gasteiger partial charge is 0.493 e. The quantitative estimate of drug-likeness (QED) is 0.876. The van der Waals surface area contributed by atoms with Gasteiger partial charge >= 0.3 is 0 Å². The molecule has 0 radical (unpaired) electrons. The molecule has 0 spiro atoms. The topological polar surface area (TPSA) is 42.5 Å². The van der Waals surface area contributed by atoms with Crippen molar-refractivity contribution in [3.05, 3.63) is 23.8 Å². The normalized spacial score (nSPS) is 23.2. The first kappa shape index (κ1) is 15.6. The van der Waals surface area contributed by atoms with Crippen LogP contribution >= 0.6 is 0 Å². The number of methoxy groups -OCH3 is 1. The van der Waals surface area contributed by atoms with E-state index in [0.717, 1.165) is 56.4 Å². The molecule has 1 aromatic rings. The first-order valence-electron chi connectivity index (χ1n) is 8.61. The zero-order valence-electron chi connectivity index (χ0n) is 13.6. The van der Waals surface area contributed by atoms with E-state index in [2.05, 4.69) is 22.8 Å². The van der Waals surface area contributed by atoms with Gasteiger partial charge in [-0.3, -0.25) is 0 Å². The standard InChI is InChI=1S/C18H28N2O2/c1-21-18-15(12-14-7-10-19-11-8-14)4-2-6-17(18)22-16-5-3-9-20-13-16/h2,4,6,14,16,19-20H,3,5,7-13H2,1H3. The van der Waals surface area contributed by atoms with Crippen molar-refractivity contribution in [3.63, 3.8) is 0 Å². The fraction of sp³-hybridized carbons (Fsp3) is 0.667. The summed E-state index contributed by atoms with van der Waals surface area (Å²) in [4.78, 5) is 0. The van der Waals surface area contributed by atoms with Crippen molar-refractivity contribution in [2.24, 2.45) is 5.92 Å². The van der Waals surface area contributed by atoms with Crippen molar-refractivity contribution in [1.29, 1.82) is 0 Å². The van der Waals surface area contributed by atoms with E-state index < -0.39 is 0 Å². The fourth-order valence-electron chi connectivity index (χ4n) is 3.54. The molecule has 0 bridgehead atoms. The van der Waals surface area contributed by atoms with Gasteiger partial charge in [0.15, 0.2) is 11.5 Å². The number of ether oxygens (including phenoxy) is 2. The number of hydrogen-bond donors (Lipinski definition) is 2. The van der Waals surface area contributed by atoms with E-state index >= 15 is 0 Å². The molecule has 4 nitrogen and oxygen atoms in total. The Bertz CT molecular complexity index is 428. The van der Waals surface area contributed by atoms with Gasteiger partial charge in [0.25, 0.3) is 0 Å². The molecule has 0 aromatic heterocycles. The van der Waals surface area contributed by atoms with Gasteiger partial charge in [0, 0.05) is 6.54 Å². The maximum Gasteiger partial charge on any atom is 0.163 e. The highest BCUT2D eigenvalue weighted by molar-refractivity contribution is 5.47. The molecule has 2 saturated heterocycles. The number of piperidine rings is 2. The molecule has 3 rings (SSSR count). The Hall–Kier alpha value is -1.26. The van der Waals surface area contributed by atoms with Crippen LogP contribution in [-0.4, -0.2) is 39.4 Å². The summed E-state index contributed by atoms with van der Waals surface area (Å²) in [5, 5.41) is 6.83. The van der Waals surface area contributed by atoms with Gasteiger partial charge in [-0.05, 0) is 69.3 Å². The molecule has 2 N–H and O–H groups in total. The van der Waals surface area contributed by atoms with Crippen LogP contribution in [0, 0.1) is 5.92 Å². The van der Waals surface area contributed by atoms with Gasteiger partial charge in [0.05, 0.1) is 7.11 Å². The molecule has 2 aliphatic heterocycles. The van der Waals surface area contributed by atoms with E-state index in [1.54, 1.807) is 7.11 Å². The second kappa shape index (κ2) is 7.84. The number of nitrogens with one attached hydrogen (secondary N) is 2. The molecule has 122 valence electrons. The Morgan fingerprint density at radius 3 is 2.68 bits per heavy atom. The van der Waals surface area contributed by atoms with Crippen LogP contribution in [-0.2, 0) is 6.42 Å². The summed E-state index contributed by atoms with van der Waals surface area (Å²) in [5.74, 6) is 2.59. The van der Waals surface area contributed by atoms with Crippen LogP contribution in [0.5, 0.6) is 11.5 Å². The SMILES string of the molecule is COc1c(CC2CCNCC2)cccc1OC1CCCNC1. The molecular formula is C18H28N2O2. The van der Waals surface area contributed by atoms with E-state index in [9.17, 15) is 0 Å². The number of para-hydroxylation sites is 1. The molecule has 2 fully saturated rings. The van der Waals surface area contributed by atoms with E-state index in [4.69, 9.17) is 9.47 Å². The van der Waals surface area contributed by atoms with Gasteiger partial charge in [-0.25, -0.2) is 0 Å². The Balaban J connectivity index is 1.71. The lowest BCUT2D eigenvalue weighted by molar-refractivity contribution is 0.160. The fourth-order valence-corrected chi connectivity index (χ4v) is 3.54. The van der Waals surface area contributed by atoms with E-state index in [1.165, 1.54) is 24.8 Å². The molecule has 2 heterocycles. The maximum atomic E-state index is 6.21. The molecule has 22 heavy (non-hydrogen) atoms. The zero-order chi connectivity index (χ0) is 15.2. The third kappa shape index (κ3) is 3.93. The van der Waals surface area contributed by atoms with Crippen LogP contribution in [0.3, 0.4) is 0 Å². The molecule has 0 amide bonds. The Kier molecular flexibility index (Phi) is 5.57. The summed E-state index contributed by atoms with van der Waals surface area (Å²) < 4.78 is 11.9. The molecule has 2 aliphatic rings. The van der Waals surface area contributed by atoms with E-state index in [0.29, 0.717) is 0 Å². The van der Waals surface area contributed by atoms with Gasteiger partial charge in [0.2, 0.25) is 0 Å². The van der Waals surface area contributed by atoms with Crippen LogP contribution in [0.4, 0.5) is 0 Å². The first-order chi connectivity index (χ1) is 10.9. The van der Waals surface area contributed by atoms with Crippen molar-refractivity contribution in [2.45, 2.75) is 38.2 Å². The highest BCUT2D eigenvalue weighted by Crippen LogP contribution is 2.34. The summed E-state index contributed by atoms with van der Waals surface area (Å²) >= 11 is 0. The van der Waals surface area contributed by atoms with Crippen molar-refractivity contribution in [2.75, 3.05) is 33.3 Å². The molecule has 1 atom stereocenters. The molecule has 4 heteroatoms. The van der Waals surface area contributed by atoms with Crippen LogP contribution < -0.4 is 20.1 Å². The minimum Gasteiger partial charge on any atom is -0.493 e. The van der Waals surface area contributed by atoms with Gasteiger partial charge in [-0.1, -0.05) is 12.1 Å². The van der Waals surface area contributed by atoms with Gasteiger partial charge in [-0.15, -0.1) is 0 Å². The van der Waals surface area contributed by atoms with E-state index in [-0.39, 0.29) is 6.10 Å². The van der Waals surface area contributed by atoms with E-state index in [1.807, 2.05) is 6.07 Å². The summed E-state index contributed by atoms with van der Waals surface area (Å²) in [6.07, 6.45) is 6.15. The Morgan fingerprint density at radius 2 is 1.95 bits per heavy atom. The highest BCUT2D eigenvalue weighted by Gasteiger charge is 2.20. The predicted octanol–water partition coefficient (Wildman–Crippen LogP) is 2.37. The minimum atomic E-state index is 0.261. The van der Waals surface area contributed by atoms with Gasteiger partial charge in [-0.2, -0.15) is 0 Å². The van der Waals surface area contributed by atoms with Crippen molar-refractivity contribution >= 4 is 0 Å². The first-order valence-corrected chi connectivity index (χ1v) is 8.61. The van der Waals surface area contributed by atoms with Crippen LogP contribution in [0.25, 0.3) is 0 Å². The van der Waals surface area contributed by atoms with Crippen molar-refractivity contribution in [3.8, 4) is 11.5 Å². The lowest BCUT2D eigenvalue weighted by Gasteiger charge is -2.26. The molecule has 1 aromatic carbocycles.